The second-order valence-corrected chi connectivity index (χ2v) is 23.8. The number of likely N-dealkylation sites (tertiary alicyclic amines) is 1. The molecule has 14 heteroatoms. The Kier molecular flexibility index (Phi) is 10.3. The predicted octanol–water partition coefficient (Wildman–Crippen LogP) is 7.64. The zero-order chi connectivity index (χ0) is 37.3. The Labute approximate surface area is 329 Å². The number of hydrogen-bond donors (Lipinski definition) is 0. The Morgan fingerprint density at radius 3 is 2.53 bits per heavy atom. The van der Waals surface area contributed by atoms with Gasteiger partial charge in [-0.3, -0.25) is 0 Å². The summed E-state index contributed by atoms with van der Waals surface area (Å²) in [7, 11) is 0.248. The van der Waals surface area contributed by atoms with Gasteiger partial charge in [0.05, 0.1) is 55.4 Å². The highest BCUT2D eigenvalue weighted by atomic mass is 127. The van der Waals surface area contributed by atoms with Crippen molar-refractivity contribution in [3.8, 4) is 11.5 Å². The van der Waals surface area contributed by atoms with Gasteiger partial charge in [-0.15, -0.1) is 0 Å². The summed E-state index contributed by atoms with van der Waals surface area (Å²) in [5.74, 6) is 1.75. The van der Waals surface area contributed by atoms with E-state index in [9.17, 15) is 0 Å². The van der Waals surface area contributed by atoms with Crippen LogP contribution in [0.4, 0.5) is 5.82 Å². The normalized spacial score (nSPS) is 28.4. The molecule has 292 valence electrons. The summed E-state index contributed by atoms with van der Waals surface area (Å²) in [6.45, 7) is 20.3. The molecule has 0 N–H and O–H groups in total. The van der Waals surface area contributed by atoms with E-state index in [4.69, 9.17) is 43.4 Å². The van der Waals surface area contributed by atoms with E-state index in [-0.39, 0.29) is 28.6 Å². The van der Waals surface area contributed by atoms with E-state index in [0.717, 1.165) is 102 Å². The highest BCUT2D eigenvalue weighted by Gasteiger charge is 2.61. The monoisotopic (exact) mass is 861 g/mol. The Balaban J connectivity index is 1.27. The van der Waals surface area contributed by atoms with Gasteiger partial charge >= 0.3 is 0 Å². The number of likely N-dealkylation sites (N-methyl/N-ethyl adjacent to an activating group) is 1. The van der Waals surface area contributed by atoms with Crippen molar-refractivity contribution in [2.75, 3.05) is 51.5 Å². The average Bonchev–Trinajstić information content (AvgIpc) is 3.96. The van der Waals surface area contributed by atoms with Gasteiger partial charge in [-0.1, -0.05) is 32.3 Å². The van der Waals surface area contributed by atoms with E-state index in [2.05, 4.69) is 91.8 Å². The van der Waals surface area contributed by atoms with Crippen LogP contribution in [-0.4, -0.2) is 109 Å². The van der Waals surface area contributed by atoms with Gasteiger partial charge in [-0.05, 0) is 120 Å². The number of ether oxygens (including phenoxy) is 3. The maximum atomic E-state index is 6.82. The third kappa shape index (κ3) is 6.51. The molecule has 12 nitrogen and oxygen atoms in total. The molecule has 3 aromatic heterocycles. The lowest BCUT2D eigenvalue weighted by molar-refractivity contribution is -0.235. The summed E-state index contributed by atoms with van der Waals surface area (Å²) < 4.78 is 35.7. The smallest absolute Gasteiger partial charge is 0.192 e. The summed E-state index contributed by atoms with van der Waals surface area (Å²) in [4.78, 5) is 15.8. The summed E-state index contributed by atoms with van der Waals surface area (Å²) in [5, 5.41) is 11.2. The van der Waals surface area contributed by atoms with Gasteiger partial charge in [0, 0.05) is 24.6 Å². The Hall–Kier alpha value is -1.69. The highest BCUT2D eigenvalue weighted by molar-refractivity contribution is 14.1. The molecule has 4 fully saturated rings. The number of aromatic nitrogens is 5. The molecule has 0 bridgehead atoms. The minimum Gasteiger partial charge on any atom is -0.415 e. The van der Waals surface area contributed by atoms with Crippen LogP contribution in [-0.2, 0) is 30.5 Å². The zero-order valence-electron chi connectivity index (χ0n) is 33.2. The van der Waals surface area contributed by atoms with Crippen LogP contribution < -0.4 is 4.90 Å². The first-order chi connectivity index (χ1) is 25.3. The molecular weight excluding hydrogens is 801 g/mol. The van der Waals surface area contributed by atoms with Crippen molar-refractivity contribution >= 4 is 47.8 Å². The predicted molar refractivity (Wildman–Crippen MR) is 216 cm³/mol. The molecule has 3 saturated heterocycles. The molecule has 0 unspecified atom stereocenters. The van der Waals surface area contributed by atoms with Gasteiger partial charge in [0.25, 0.3) is 0 Å². The molecular formula is C39H60IN7O5Si. The Morgan fingerprint density at radius 1 is 1.08 bits per heavy atom. The molecule has 8 rings (SSSR count). The fourth-order valence-electron chi connectivity index (χ4n) is 9.84. The Bertz CT molecular complexity index is 1800. The van der Waals surface area contributed by atoms with Crippen molar-refractivity contribution in [1.82, 2.24) is 29.8 Å². The van der Waals surface area contributed by atoms with Crippen LogP contribution in [0.5, 0.6) is 0 Å². The van der Waals surface area contributed by atoms with E-state index in [1.807, 2.05) is 0 Å². The molecule has 2 spiro atoms. The minimum absolute atomic E-state index is 0.118. The van der Waals surface area contributed by atoms with Crippen LogP contribution in [0.15, 0.2) is 4.52 Å². The van der Waals surface area contributed by atoms with E-state index < -0.39 is 14.1 Å². The summed E-state index contributed by atoms with van der Waals surface area (Å²) >= 11 is 2.40. The fraction of sp³-hybridized carbons (Fsp3) is 0.795. The van der Waals surface area contributed by atoms with Crippen LogP contribution in [0.1, 0.15) is 110 Å². The molecule has 0 aromatic carbocycles. The van der Waals surface area contributed by atoms with Crippen molar-refractivity contribution in [1.29, 1.82) is 0 Å². The average molecular weight is 862 g/mol. The first-order valence-corrected chi connectivity index (χ1v) is 24.2. The maximum absolute atomic E-state index is 6.82. The van der Waals surface area contributed by atoms with Crippen molar-refractivity contribution in [3.05, 3.63) is 15.0 Å². The Morgan fingerprint density at radius 2 is 1.83 bits per heavy atom. The molecule has 0 amide bonds. The van der Waals surface area contributed by atoms with E-state index >= 15 is 0 Å². The van der Waals surface area contributed by atoms with Crippen LogP contribution in [0.25, 0.3) is 22.6 Å². The second-order valence-electron chi connectivity index (χ2n) is 18.0. The van der Waals surface area contributed by atoms with Gasteiger partial charge in [-0.2, -0.15) is 5.10 Å². The summed E-state index contributed by atoms with van der Waals surface area (Å²) in [5.41, 5.74) is 2.35. The molecule has 0 radical (unpaired) electrons. The number of anilines is 1. The molecule has 5 aliphatic rings. The maximum Gasteiger partial charge on any atom is 0.192 e. The molecule has 6 heterocycles. The number of hydrogen-bond acceptors (Lipinski definition) is 11. The molecule has 1 saturated carbocycles. The minimum atomic E-state index is -1.98. The number of nitrogens with zero attached hydrogens (tertiary/aromatic N) is 7. The van der Waals surface area contributed by atoms with Gasteiger partial charge < -0.3 is 33.0 Å². The van der Waals surface area contributed by atoms with E-state index in [0.29, 0.717) is 44.8 Å². The second kappa shape index (κ2) is 14.4. The lowest BCUT2D eigenvalue weighted by Crippen LogP contribution is -2.56. The molecule has 53 heavy (non-hydrogen) atoms. The number of halogens is 1. The first kappa shape index (κ1) is 38.2. The van der Waals surface area contributed by atoms with Crippen molar-refractivity contribution in [3.63, 3.8) is 0 Å². The zero-order valence-corrected chi connectivity index (χ0v) is 36.3. The SMILES string of the molecule is C[C@H]1C[C@@H](N(CCO[Si](C)(C)C(C)(C)C)c2nc(-c3noc4c3CCC[C@@]43CCCCC34OCCO4)nc3c2c(I)nn3[C@@H](C)[C@@H]2CCCN2C)CO1. The quantitative estimate of drug-likeness (QED) is 0.156. The molecule has 2 aliphatic carbocycles. The van der Waals surface area contributed by atoms with Crippen LogP contribution in [0, 0.1) is 3.70 Å². The standard InChI is InChI=1S/C39H60IN7O5Si/c1-25-23-27(24-48-25)46(19-20-51-53(7,8)37(3,4)5)35-30-33(40)43-47(26(2)29-14-12-18-45(29)6)36(30)42-34(41-35)31-28-13-11-16-38(32(28)52-44-31)15-9-10-17-39(38)49-21-22-50-39/h25-27,29H,9-24H2,1-8H3/t25-,26-,27+,29-,38-/m0/s1. The fourth-order valence-corrected chi connectivity index (χ4v) is 11.6. The van der Waals surface area contributed by atoms with Gasteiger partial charge in [0.15, 0.2) is 37.0 Å². The van der Waals surface area contributed by atoms with Crippen LogP contribution in [0.2, 0.25) is 18.1 Å². The highest BCUT2D eigenvalue weighted by Crippen LogP contribution is 2.57. The molecule has 5 atom stereocenters. The van der Waals surface area contributed by atoms with Crippen LogP contribution in [0.3, 0.4) is 0 Å². The summed E-state index contributed by atoms with van der Waals surface area (Å²) in [6.07, 6.45) is 10.3. The van der Waals surface area contributed by atoms with Gasteiger partial charge in [0.1, 0.15) is 9.52 Å². The topological polar surface area (TPSA) is 113 Å². The largest absolute Gasteiger partial charge is 0.415 e. The lowest BCUT2D eigenvalue weighted by atomic mass is 9.61. The van der Waals surface area contributed by atoms with Crippen molar-refractivity contribution in [2.24, 2.45) is 0 Å². The number of rotatable bonds is 9. The first-order valence-electron chi connectivity index (χ1n) is 20.2. The van der Waals surface area contributed by atoms with Gasteiger partial charge in [-0.25, -0.2) is 14.6 Å². The lowest BCUT2D eigenvalue weighted by Gasteiger charge is -2.50. The molecule has 3 aliphatic heterocycles. The van der Waals surface area contributed by atoms with E-state index in [1.54, 1.807) is 0 Å². The van der Waals surface area contributed by atoms with Crippen LogP contribution >= 0.6 is 22.6 Å². The summed E-state index contributed by atoms with van der Waals surface area (Å²) in [6, 6.07) is 0.648. The third-order valence-corrected chi connectivity index (χ3v) is 19.1. The molecule has 3 aromatic rings. The van der Waals surface area contributed by atoms with Crippen molar-refractivity contribution in [2.45, 2.75) is 152 Å². The third-order valence-electron chi connectivity index (χ3n) is 13.8. The van der Waals surface area contributed by atoms with Gasteiger partial charge in [0.2, 0.25) is 0 Å². The van der Waals surface area contributed by atoms with E-state index in [1.165, 1.54) is 6.42 Å². The van der Waals surface area contributed by atoms with Crippen molar-refractivity contribution < 1.29 is 23.2 Å². The number of fused-ring (bicyclic) bond motifs is 4.